The summed E-state index contributed by atoms with van der Waals surface area (Å²) in [5.41, 5.74) is 7.19. The first-order valence-corrected chi connectivity index (χ1v) is 14.3. The topological polar surface area (TPSA) is 108 Å². The molecule has 5 rings (SSSR count). The van der Waals surface area contributed by atoms with Gasteiger partial charge in [-0.3, -0.25) is 14.5 Å². The molecule has 1 heterocycles. The van der Waals surface area contributed by atoms with E-state index < -0.39 is 47.1 Å². The molecule has 2 aliphatic rings. The lowest BCUT2D eigenvalue weighted by Gasteiger charge is -2.44. The molecule has 3 aromatic carbocycles. The minimum Gasteiger partial charge on any atom is -0.497 e. The standard InChI is InChI=1S/C34H32F2N2O6/c1-4-43-33(40)28-22(19-11-10-12-20(17-19)42-3)18-26-29(31(28)39)27(21-13-6-7-14-23(21)35)30(34(41)44-5-2)32(37)38(26)25-16-9-8-15-24(25)36/h6-17,22,27-28H,4-5,18,37H2,1-3H3/t22-,27-,28-/m1/s1. The number of ketones is 1. The highest BCUT2D eigenvalue weighted by atomic mass is 19.1. The van der Waals surface area contributed by atoms with Gasteiger partial charge in [-0.1, -0.05) is 42.5 Å². The summed E-state index contributed by atoms with van der Waals surface area (Å²) in [4.78, 5) is 43.2. The van der Waals surface area contributed by atoms with Crippen LogP contribution >= 0.6 is 0 Å². The number of halogens is 2. The molecule has 3 aromatic rings. The zero-order valence-corrected chi connectivity index (χ0v) is 24.5. The van der Waals surface area contributed by atoms with Crippen LogP contribution < -0.4 is 15.4 Å². The number of allylic oxidation sites excluding steroid dienone is 2. The molecule has 1 aliphatic carbocycles. The summed E-state index contributed by atoms with van der Waals surface area (Å²) < 4.78 is 47.2. The predicted molar refractivity (Wildman–Crippen MR) is 158 cm³/mol. The van der Waals surface area contributed by atoms with Crippen LogP contribution in [0.5, 0.6) is 5.75 Å². The van der Waals surface area contributed by atoms with Crippen LogP contribution in [0.15, 0.2) is 95.5 Å². The van der Waals surface area contributed by atoms with Gasteiger partial charge in [0.1, 0.15) is 29.1 Å². The lowest BCUT2D eigenvalue weighted by Crippen LogP contribution is -2.47. The van der Waals surface area contributed by atoms with Gasteiger partial charge in [0, 0.05) is 22.8 Å². The van der Waals surface area contributed by atoms with E-state index in [1.165, 1.54) is 48.4 Å². The molecule has 0 saturated heterocycles. The van der Waals surface area contributed by atoms with Crippen molar-refractivity contribution in [3.05, 3.63) is 118 Å². The zero-order valence-electron chi connectivity index (χ0n) is 24.5. The molecule has 3 atom stereocenters. The summed E-state index contributed by atoms with van der Waals surface area (Å²) in [6, 6.07) is 18.4. The highest BCUT2D eigenvalue weighted by Crippen LogP contribution is 2.52. The van der Waals surface area contributed by atoms with Gasteiger partial charge in [0.25, 0.3) is 0 Å². The van der Waals surface area contributed by atoms with E-state index in [2.05, 4.69) is 0 Å². The molecule has 0 aromatic heterocycles. The van der Waals surface area contributed by atoms with Gasteiger partial charge in [-0.05, 0) is 56.2 Å². The van der Waals surface area contributed by atoms with E-state index in [1.807, 2.05) is 0 Å². The number of esters is 2. The second kappa shape index (κ2) is 12.7. The van der Waals surface area contributed by atoms with Gasteiger partial charge in [-0.15, -0.1) is 0 Å². The highest BCUT2D eigenvalue weighted by Gasteiger charge is 2.52. The maximum Gasteiger partial charge on any atom is 0.338 e. The Morgan fingerprint density at radius 1 is 0.932 bits per heavy atom. The zero-order chi connectivity index (χ0) is 31.5. The smallest absolute Gasteiger partial charge is 0.338 e. The Morgan fingerprint density at radius 3 is 2.27 bits per heavy atom. The summed E-state index contributed by atoms with van der Waals surface area (Å²) >= 11 is 0. The molecule has 0 spiro atoms. The summed E-state index contributed by atoms with van der Waals surface area (Å²) in [5, 5.41) is 0. The van der Waals surface area contributed by atoms with Crippen LogP contribution in [0.3, 0.4) is 0 Å². The number of rotatable bonds is 8. The molecule has 0 radical (unpaired) electrons. The summed E-state index contributed by atoms with van der Waals surface area (Å²) in [7, 11) is 1.50. The van der Waals surface area contributed by atoms with Gasteiger partial charge in [-0.25, -0.2) is 13.6 Å². The average Bonchev–Trinajstić information content (AvgIpc) is 3.01. The van der Waals surface area contributed by atoms with Crippen LogP contribution in [0, 0.1) is 17.6 Å². The number of methoxy groups -OCH3 is 1. The van der Waals surface area contributed by atoms with Gasteiger partial charge in [0.15, 0.2) is 5.78 Å². The first-order chi connectivity index (χ1) is 21.2. The van der Waals surface area contributed by atoms with Crippen molar-refractivity contribution in [1.82, 2.24) is 0 Å². The van der Waals surface area contributed by atoms with Crippen molar-refractivity contribution in [3.8, 4) is 5.75 Å². The Hall–Kier alpha value is -4.99. The monoisotopic (exact) mass is 602 g/mol. The summed E-state index contributed by atoms with van der Waals surface area (Å²) in [5.74, 6) is -6.95. The fourth-order valence-electron chi connectivity index (χ4n) is 6.05. The van der Waals surface area contributed by atoms with Gasteiger partial charge in [-0.2, -0.15) is 0 Å². The molecular formula is C34H32F2N2O6. The quantitative estimate of drug-likeness (QED) is 0.266. The Morgan fingerprint density at radius 2 is 1.61 bits per heavy atom. The molecule has 10 heteroatoms. The third kappa shape index (κ3) is 5.32. The van der Waals surface area contributed by atoms with Crippen LogP contribution in [0.25, 0.3) is 0 Å². The van der Waals surface area contributed by atoms with E-state index in [-0.39, 0.29) is 53.5 Å². The number of carbonyl (C=O) groups is 3. The summed E-state index contributed by atoms with van der Waals surface area (Å²) in [6.07, 6.45) is -0.00614. The number of Topliss-reactive ketones (excluding diaryl/α,β-unsaturated/α-hetero) is 1. The van der Waals surface area contributed by atoms with Crippen LogP contribution in [-0.4, -0.2) is 38.0 Å². The Kier molecular flexibility index (Phi) is 8.80. The second-order valence-electron chi connectivity index (χ2n) is 10.3. The number of para-hydroxylation sites is 1. The fourth-order valence-corrected chi connectivity index (χ4v) is 6.05. The first-order valence-electron chi connectivity index (χ1n) is 14.3. The van der Waals surface area contributed by atoms with E-state index in [1.54, 1.807) is 50.2 Å². The Labute approximate surface area is 253 Å². The third-order valence-corrected chi connectivity index (χ3v) is 7.91. The molecule has 44 heavy (non-hydrogen) atoms. The lowest BCUT2D eigenvalue weighted by atomic mass is 9.66. The molecule has 0 unspecified atom stereocenters. The highest BCUT2D eigenvalue weighted by molar-refractivity contribution is 6.14. The number of nitrogens with zero attached hydrogens (tertiary/aromatic N) is 1. The van der Waals surface area contributed by atoms with Crippen LogP contribution in [0.2, 0.25) is 0 Å². The van der Waals surface area contributed by atoms with E-state index >= 15 is 8.78 Å². The maximum atomic E-state index is 15.6. The molecule has 0 saturated carbocycles. The molecule has 0 fully saturated rings. The predicted octanol–water partition coefficient (Wildman–Crippen LogP) is 5.50. The van der Waals surface area contributed by atoms with Crippen molar-refractivity contribution in [2.24, 2.45) is 11.7 Å². The van der Waals surface area contributed by atoms with E-state index in [0.717, 1.165) is 0 Å². The maximum absolute atomic E-state index is 15.6. The Balaban J connectivity index is 1.85. The lowest BCUT2D eigenvalue weighted by molar-refractivity contribution is -0.152. The molecule has 0 amide bonds. The van der Waals surface area contributed by atoms with Crippen molar-refractivity contribution in [3.63, 3.8) is 0 Å². The van der Waals surface area contributed by atoms with Crippen LogP contribution in [0.4, 0.5) is 14.5 Å². The molecule has 2 N–H and O–H groups in total. The number of nitrogens with two attached hydrogens (primary N) is 1. The van der Waals surface area contributed by atoms with E-state index in [9.17, 15) is 14.4 Å². The third-order valence-electron chi connectivity index (χ3n) is 7.91. The van der Waals surface area contributed by atoms with Crippen molar-refractivity contribution >= 4 is 23.4 Å². The molecule has 1 aliphatic heterocycles. The normalized spacial score (nSPS) is 19.9. The average molecular weight is 603 g/mol. The Bertz CT molecular complexity index is 1680. The van der Waals surface area contributed by atoms with Crippen molar-refractivity contribution in [2.45, 2.75) is 32.1 Å². The first kappa shape index (κ1) is 30.5. The van der Waals surface area contributed by atoms with Crippen molar-refractivity contribution < 1.29 is 37.4 Å². The minimum absolute atomic E-state index is 0.00614. The van der Waals surface area contributed by atoms with Gasteiger partial charge in [0.2, 0.25) is 0 Å². The van der Waals surface area contributed by atoms with Crippen LogP contribution in [-0.2, 0) is 23.9 Å². The van der Waals surface area contributed by atoms with Crippen molar-refractivity contribution in [2.75, 3.05) is 25.2 Å². The number of ether oxygens (including phenoxy) is 3. The van der Waals surface area contributed by atoms with E-state index in [0.29, 0.717) is 11.3 Å². The number of anilines is 1. The number of carbonyl (C=O) groups excluding carboxylic acids is 3. The minimum atomic E-state index is -1.36. The second-order valence-corrected chi connectivity index (χ2v) is 10.3. The molecule has 228 valence electrons. The fraction of sp³-hybridized carbons (Fsp3) is 0.265. The van der Waals surface area contributed by atoms with Gasteiger partial charge < -0.3 is 19.9 Å². The van der Waals surface area contributed by atoms with E-state index in [4.69, 9.17) is 19.9 Å². The van der Waals surface area contributed by atoms with Crippen LogP contribution in [0.1, 0.15) is 43.2 Å². The molecule has 0 bridgehead atoms. The summed E-state index contributed by atoms with van der Waals surface area (Å²) in [6.45, 7) is 3.19. The molecular weight excluding hydrogens is 570 g/mol. The molecule has 8 nitrogen and oxygen atoms in total. The van der Waals surface area contributed by atoms with Gasteiger partial charge >= 0.3 is 11.9 Å². The number of benzene rings is 3. The van der Waals surface area contributed by atoms with Gasteiger partial charge in [0.05, 0.1) is 37.5 Å². The largest absolute Gasteiger partial charge is 0.497 e. The SMILES string of the molecule is CCOC(=O)C1=C(N)N(c2ccccc2F)C2=C(C(=O)[C@H](C(=O)OCC)[C@@H](c3cccc(OC)c3)C2)[C@H]1c1ccccc1F. The van der Waals surface area contributed by atoms with Crippen molar-refractivity contribution in [1.29, 1.82) is 0 Å². The number of hydrogen-bond donors (Lipinski definition) is 1. The number of hydrogen-bond acceptors (Lipinski definition) is 8.